The third kappa shape index (κ3) is 11.2. The number of hydrogen-bond acceptors (Lipinski definition) is 13. The molecule has 292 valence electrons. The molecule has 0 aromatic rings. The molecule has 51 heavy (non-hydrogen) atoms. The van der Waals surface area contributed by atoms with Crippen molar-refractivity contribution in [1.29, 1.82) is 0 Å². The minimum Gasteiger partial charge on any atom is -0.462 e. The number of ketones is 1. The molecule has 10 unspecified atom stereocenters. The highest BCUT2D eigenvalue weighted by molar-refractivity contribution is 5.91. The van der Waals surface area contributed by atoms with E-state index in [2.05, 4.69) is 0 Å². The van der Waals surface area contributed by atoms with Gasteiger partial charge in [-0.05, 0) is 66.6 Å². The van der Waals surface area contributed by atoms with Crippen LogP contribution in [-0.4, -0.2) is 131 Å². The molecular formula is C38H63NO12. The molecule has 0 amide bonds. The van der Waals surface area contributed by atoms with E-state index in [4.69, 9.17) is 23.7 Å². The Bertz CT molecular complexity index is 1220. The third-order valence-electron chi connectivity index (χ3n) is 10.8. The molecule has 3 aliphatic rings. The monoisotopic (exact) mass is 725 g/mol. The fourth-order valence-corrected chi connectivity index (χ4v) is 7.67. The molecule has 0 bridgehead atoms. The Balaban J connectivity index is 1.95. The van der Waals surface area contributed by atoms with Gasteiger partial charge in [-0.15, -0.1) is 0 Å². The van der Waals surface area contributed by atoms with E-state index >= 15 is 0 Å². The number of carbonyl (C=O) groups excluding carboxylic acids is 3. The van der Waals surface area contributed by atoms with Gasteiger partial charge in [-0.1, -0.05) is 45.4 Å². The summed E-state index contributed by atoms with van der Waals surface area (Å²) < 4.78 is 30.8. The zero-order valence-corrected chi connectivity index (χ0v) is 32.0. The Morgan fingerprint density at radius 1 is 1.00 bits per heavy atom. The summed E-state index contributed by atoms with van der Waals surface area (Å²) in [6, 6.07) is -0.699. The summed E-state index contributed by atoms with van der Waals surface area (Å²) in [6.07, 6.45) is -2.93. The van der Waals surface area contributed by atoms with Crippen LogP contribution in [0.5, 0.6) is 0 Å². The second kappa shape index (κ2) is 18.8. The summed E-state index contributed by atoms with van der Waals surface area (Å²) in [5.41, 5.74) is -0.619. The average Bonchev–Trinajstić information content (AvgIpc) is 3.04. The van der Waals surface area contributed by atoms with Crippen molar-refractivity contribution in [3.63, 3.8) is 0 Å². The van der Waals surface area contributed by atoms with E-state index in [1.807, 2.05) is 26.8 Å². The highest BCUT2D eigenvalue weighted by Crippen LogP contribution is 2.37. The Hall–Kier alpha value is -2.07. The summed E-state index contributed by atoms with van der Waals surface area (Å²) in [6.45, 7) is 14.1. The van der Waals surface area contributed by atoms with Crippen molar-refractivity contribution in [2.75, 3.05) is 14.1 Å². The summed E-state index contributed by atoms with van der Waals surface area (Å²) in [5, 5.41) is 44.4. The molecule has 0 spiro atoms. The maximum atomic E-state index is 13.3. The number of hydrogen-bond donors (Lipinski definition) is 4. The van der Waals surface area contributed by atoms with Crippen LogP contribution in [0.3, 0.4) is 0 Å². The number of carbonyl (C=O) groups is 3. The minimum atomic E-state index is -1.46. The number of allylic oxidation sites excluding steroid dienone is 3. The zero-order chi connectivity index (χ0) is 38.4. The first-order valence-corrected chi connectivity index (χ1v) is 18.4. The second-order valence-electron chi connectivity index (χ2n) is 15.5. The normalized spacial score (nSPS) is 45.5. The Morgan fingerprint density at radius 2 is 1.67 bits per heavy atom. The predicted molar refractivity (Wildman–Crippen MR) is 188 cm³/mol. The molecule has 0 aromatic carbocycles. The van der Waals surface area contributed by atoms with Crippen LogP contribution in [0.2, 0.25) is 0 Å². The first-order chi connectivity index (χ1) is 23.8. The lowest BCUT2D eigenvalue weighted by atomic mass is 9.79. The lowest BCUT2D eigenvalue weighted by Crippen LogP contribution is -2.65. The molecule has 0 aromatic heterocycles. The third-order valence-corrected chi connectivity index (χ3v) is 10.8. The first kappa shape index (κ1) is 43.3. The van der Waals surface area contributed by atoms with Gasteiger partial charge in [0.15, 0.2) is 18.4 Å². The van der Waals surface area contributed by atoms with Gasteiger partial charge in [0.25, 0.3) is 0 Å². The van der Waals surface area contributed by atoms with Crippen LogP contribution in [0.4, 0.5) is 0 Å². The molecule has 0 aliphatic carbocycles. The number of likely N-dealkylation sites (N-methyl/N-ethyl adjacent to an activating group) is 1. The molecular weight excluding hydrogens is 662 g/mol. The van der Waals surface area contributed by atoms with Crippen molar-refractivity contribution in [2.24, 2.45) is 23.7 Å². The van der Waals surface area contributed by atoms with Crippen molar-refractivity contribution in [3.05, 3.63) is 23.8 Å². The van der Waals surface area contributed by atoms with Crippen LogP contribution in [0.15, 0.2) is 23.8 Å². The fraction of sp³-hybridized carbons (Fsp3) is 0.816. The lowest BCUT2D eigenvalue weighted by Gasteiger charge is -2.50. The van der Waals surface area contributed by atoms with E-state index in [1.54, 1.807) is 52.8 Å². The average molecular weight is 726 g/mol. The zero-order valence-electron chi connectivity index (χ0n) is 32.0. The van der Waals surface area contributed by atoms with Gasteiger partial charge in [0.2, 0.25) is 0 Å². The van der Waals surface area contributed by atoms with Gasteiger partial charge in [-0.2, -0.15) is 0 Å². The number of esters is 1. The van der Waals surface area contributed by atoms with Gasteiger partial charge in [-0.25, -0.2) is 0 Å². The van der Waals surface area contributed by atoms with Crippen molar-refractivity contribution < 1.29 is 58.5 Å². The largest absolute Gasteiger partial charge is 0.462 e. The van der Waals surface area contributed by atoms with Crippen molar-refractivity contribution in [3.8, 4) is 0 Å². The predicted octanol–water partition coefficient (Wildman–Crippen LogP) is 2.70. The molecule has 13 heteroatoms. The summed E-state index contributed by atoms with van der Waals surface area (Å²) in [4.78, 5) is 40.3. The highest BCUT2D eigenvalue weighted by Gasteiger charge is 2.51. The van der Waals surface area contributed by atoms with E-state index in [9.17, 15) is 34.8 Å². The lowest BCUT2D eigenvalue weighted by molar-refractivity contribution is -0.341. The second-order valence-corrected chi connectivity index (χ2v) is 15.5. The molecule has 2 saturated heterocycles. The number of nitrogens with zero attached hydrogens (tertiary/aromatic N) is 1. The molecule has 3 heterocycles. The molecule has 16 atom stereocenters. The SMILES string of the molecule is CCC1OC(=O)C[C@@H](O)[C@H](C)[C@@H](OC2OC(C)C(OC3CC(C)(O)C(O)C(C)O3)C(N(C)C)C2O)[C@@H](CC=O)C[C@@H](C)C(=O)/C=C/C(C)=C/[C@@H]1C. The van der Waals surface area contributed by atoms with Gasteiger partial charge in [-0.3, -0.25) is 9.59 Å². The summed E-state index contributed by atoms with van der Waals surface area (Å²) >= 11 is 0. The highest BCUT2D eigenvalue weighted by atomic mass is 16.7. The van der Waals surface area contributed by atoms with E-state index in [-0.39, 0.29) is 37.4 Å². The van der Waals surface area contributed by atoms with Crippen LogP contribution in [-0.2, 0) is 38.1 Å². The van der Waals surface area contributed by atoms with E-state index < -0.39 is 96.8 Å². The Morgan fingerprint density at radius 3 is 2.25 bits per heavy atom. The standard InChI is InChI=1S/C38H63NO12/c1-11-29-22(4)16-20(2)12-13-27(41)21(3)17-26(14-15-40)34(23(5)28(42)18-30(43)49-29)51-37-33(44)32(39(9)10)35(24(6)48-37)50-31-19-38(8,46)36(45)25(7)47-31/h12-13,15-16,21-26,28-29,31-37,42,44-46H,11,14,17-19H2,1-10H3/b13-12+,20-16+/t21-,22+,23+,24?,25?,26+,28-,29?,31?,32?,33?,34-,35?,36?,37?,38?/m1/s1. The van der Waals surface area contributed by atoms with E-state index in [0.717, 1.165) is 11.9 Å². The summed E-state index contributed by atoms with van der Waals surface area (Å²) in [7, 11) is 3.54. The number of ether oxygens (including phenoxy) is 5. The molecule has 0 saturated carbocycles. The number of rotatable bonds is 8. The van der Waals surface area contributed by atoms with Crippen LogP contribution < -0.4 is 0 Å². The van der Waals surface area contributed by atoms with Gasteiger partial charge in [0, 0.05) is 30.6 Å². The van der Waals surface area contributed by atoms with Crippen LogP contribution in [0.1, 0.15) is 87.5 Å². The van der Waals surface area contributed by atoms with Crippen molar-refractivity contribution in [2.45, 2.75) is 161 Å². The van der Waals surface area contributed by atoms with E-state index in [1.165, 1.54) is 13.0 Å². The van der Waals surface area contributed by atoms with Crippen LogP contribution >= 0.6 is 0 Å². The van der Waals surface area contributed by atoms with Crippen LogP contribution in [0.25, 0.3) is 0 Å². The quantitative estimate of drug-likeness (QED) is 0.212. The van der Waals surface area contributed by atoms with Crippen molar-refractivity contribution >= 4 is 18.0 Å². The molecule has 13 nitrogen and oxygen atoms in total. The molecule has 2 fully saturated rings. The number of aliphatic hydroxyl groups is 4. The Labute approximate surface area is 303 Å². The maximum absolute atomic E-state index is 13.3. The smallest absolute Gasteiger partial charge is 0.308 e. The molecule has 0 radical (unpaired) electrons. The first-order valence-electron chi connectivity index (χ1n) is 18.4. The Kier molecular flexibility index (Phi) is 16.0. The van der Waals surface area contributed by atoms with Gasteiger partial charge in [0.05, 0.1) is 42.5 Å². The number of aliphatic hydroxyl groups excluding tert-OH is 3. The number of cyclic esters (lactones) is 1. The van der Waals surface area contributed by atoms with Gasteiger partial charge in [0.1, 0.15) is 30.7 Å². The molecule has 4 N–H and O–H groups in total. The van der Waals surface area contributed by atoms with Gasteiger partial charge >= 0.3 is 5.97 Å². The van der Waals surface area contributed by atoms with Crippen molar-refractivity contribution in [1.82, 2.24) is 4.90 Å². The van der Waals surface area contributed by atoms with Gasteiger partial charge < -0.3 is 53.8 Å². The topological polar surface area (TPSA) is 182 Å². The van der Waals surface area contributed by atoms with E-state index in [0.29, 0.717) is 6.42 Å². The molecule has 3 rings (SSSR count). The van der Waals surface area contributed by atoms with Crippen LogP contribution in [0, 0.1) is 23.7 Å². The minimum absolute atomic E-state index is 0.00788. The molecule has 3 aliphatic heterocycles. The maximum Gasteiger partial charge on any atom is 0.308 e. The number of aldehydes is 1. The summed E-state index contributed by atoms with van der Waals surface area (Å²) in [5.74, 6) is -2.69. The fourth-order valence-electron chi connectivity index (χ4n) is 7.67.